The Kier molecular flexibility index (Phi) is 9.78. The monoisotopic (exact) mass is 265 g/mol. The van der Waals surface area contributed by atoms with Crippen LogP contribution in [0.15, 0.2) is 0 Å². The molecule has 0 aliphatic rings. The molecular formula is C12H27NO3S. The summed E-state index contributed by atoms with van der Waals surface area (Å²) in [5.74, 6) is 0. The Balaban J connectivity index is 3.24. The van der Waals surface area contributed by atoms with Crippen molar-refractivity contribution in [2.45, 2.75) is 70.6 Å². The quantitative estimate of drug-likeness (QED) is 0.445. The first-order valence-corrected chi connectivity index (χ1v) is 8.18. The SMILES string of the molecule is CCCCCCCCCCNC(C)S(=O)(=O)O. The van der Waals surface area contributed by atoms with Crippen LogP contribution in [0.25, 0.3) is 0 Å². The van der Waals surface area contributed by atoms with Gasteiger partial charge in [0, 0.05) is 0 Å². The fourth-order valence-electron chi connectivity index (χ4n) is 1.67. The zero-order chi connectivity index (χ0) is 13.1. The van der Waals surface area contributed by atoms with Gasteiger partial charge in [-0.2, -0.15) is 8.42 Å². The van der Waals surface area contributed by atoms with Crippen molar-refractivity contribution in [3.8, 4) is 0 Å². The van der Waals surface area contributed by atoms with Crippen molar-refractivity contribution in [1.29, 1.82) is 0 Å². The third-order valence-corrected chi connectivity index (χ3v) is 3.97. The van der Waals surface area contributed by atoms with Crippen molar-refractivity contribution in [1.82, 2.24) is 5.32 Å². The normalized spacial score (nSPS) is 13.8. The number of unbranched alkanes of at least 4 members (excludes halogenated alkanes) is 7. The molecule has 104 valence electrons. The summed E-state index contributed by atoms with van der Waals surface area (Å²) in [5.41, 5.74) is 0. The van der Waals surface area contributed by atoms with Gasteiger partial charge in [0.05, 0.1) is 0 Å². The van der Waals surface area contributed by atoms with E-state index in [1.165, 1.54) is 45.4 Å². The molecule has 2 N–H and O–H groups in total. The van der Waals surface area contributed by atoms with E-state index >= 15 is 0 Å². The molecule has 1 unspecified atom stereocenters. The highest BCUT2D eigenvalue weighted by Gasteiger charge is 2.15. The number of nitrogens with one attached hydrogen (secondary N) is 1. The van der Waals surface area contributed by atoms with E-state index in [-0.39, 0.29) is 0 Å². The molecule has 0 fully saturated rings. The Hall–Kier alpha value is -0.130. The lowest BCUT2D eigenvalue weighted by molar-refractivity contribution is 0.452. The first-order chi connectivity index (χ1) is 7.98. The van der Waals surface area contributed by atoms with Crippen molar-refractivity contribution >= 4 is 10.1 Å². The van der Waals surface area contributed by atoms with Crippen molar-refractivity contribution in [3.05, 3.63) is 0 Å². The minimum absolute atomic E-state index is 0.649. The predicted octanol–water partition coefficient (Wildman–Crippen LogP) is 2.95. The lowest BCUT2D eigenvalue weighted by Crippen LogP contribution is -2.34. The van der Waals surface area contributed by atoms with Gasteiger partial charge in [-0.25, -0.2) is 0 Å². The second-order valence-corrected chi connectivity index (χ2v) is 6.32. The molecule has 1 atom stereocenters. The molecule has 0 aliphatic heterocycles. The fraction of sp³-hybridized carbons (Fsp3) is 1.00. The molecular weight excluding hydrogens is 238 g/mol. The summed E-state index contributed by atoms with van der Waals surface area (Å²) < 4.78 is 30.1. The number of rotatable bonds is 11. The molecule has 17 heavy (non-hydrogen) atoms. The van der Waals surface area contributed by atoms with Gasteiger partial charge < -0.3 is 0 Å². The molecule has 0 amide bonds. The van der Waals surface area contributed by atoms with E-state index in [4.69, 9.17) is 4.55 Å². The molecule has 0 radical (unpaired) electrons. The van der Waals surface area contributed by atoms with Gasteiger partial charge in [-0.15, -0.1) is 0 Å². The Morgan fingerprint density at radius 2 is 1.47 bits per heavy atom. The highest BCUT2D eigenvalue weighted by Crippen LogP contribution is 2.08. The van der Waals surface area contributed by atoms with Gasteiger partial charge in [0.1, 0.15) is 5.37 Å². The Morgan fingerprint density at radius 3 is 1.94 bits per heavy atom. The van der Waals surface area contributed by atoms with Gasteiger partial charge in [0.15, 0.2) is 0 Å². The van der Waals surface area contributed by atoms with Gasteiger partial charge in [-0.3, -0.25) is 9.87 Å². The molecule has 0 aromatic rings. The van der Waals surface area contributed by atoms with Crippen LogP contribution in [0.5, 0.6) is 0 Å². The lowest BCUT2D eigenvalue weighted by atomic mass is 10.1. The Morgan fingerprint density at radius 1 is 1.00 bits per heavy atom. The zero-order valence-corrected chi connectivity index (χ0v) is 11.9. The van der Waals surface area contributed by atoms with Crippen molar-refractivity contribution in [3.63, 3.8) is 0 Å². The molecule has 0 aromatic carbocycles. The van der Waals surface area contributed by atoms with Crippen LogP contribution in [0.3, 0.4) is 0 Å². The Labute approximate surface area is 106 Å². The maximum Gasteiger partial charge on any atom is 0.280 e. The van der Waals surface area contributed by atoms with Crippen molar-refractivity contribution in [2.24, 2.45) is 0 Å². The molecule has 0 aliphatic carbocycles. The first kappa shape index (κ1) is 16.9. The third-order valence-electron chi connectivity index (χ3n) is 2.91. The fourth-order valence-corrected chi connectivity index (χ4v) is 2.00. The smallest absolute Gasteiger partial charge is 0.280 e. The Bertz CT molecular complexity index is 265. The van der Waals surface area contributed by atoms with Crippen LogP contribution in [-0.2, 0) is 10.1 Å². The molecule has 0 spiro atoms. The van der Waals surface area contributed by atoms with E-state index in [1.807, 2.05) is 0 Å². The molecule has 0 saturated carbocycles. The topological polar surface area (TPSA) is 66.4 Å². The predicted molar refractivity (Wildman–Crippen MR) is 71.6 cm³/mol. The van der Waals surface area contributed by atoms with E-state index in [0.717, 1.165) is 12.8 Å². The molecule has 0 heterocycles. The van der Waals surface area contributed by atoms with E-state index < -0.39 is 15.5 Å². The summed E-state index contributed by atoms with van der Waals surface area (Å²) in [6.07, 6.45) is 9.81. The molecule has 0 saturated heterocycles. The number of hydrogen-bond donors (Lipinski definition) is 2. The highest BCUT2D eigenvalue weighted by atomic mass is 32.2. The molecule has 0 rings (SSSR count). The van der Waals surface area contributed by atoms with Crippen LogP contribution < -0.4 is 5.32 Å². The average Bonchev–Trinajstić information content (AvgIpc) is 2.25. The zero-order valence-electron chi connectivity index (χ0n) is 11.1. The van der Waals surface area contributed by atoms with Crippen molar-refractivity contribution in [2.75, 3.05) is 6.54 Å². The largest absolute Gasteiger partial charge is 0.299 e. The van der Waals surface area contributed by atoms with Crippen molar-refractivity contribution < 1.29 is 13.0 Å². The summed E-state index contributed by atoms with van der Waals surface area (Å²) in [7, 11) is -3.92. The second-order valence-electron chi connectivity index (χ2n) is 4.59. The van der Waals surface area contributed by atoms with Crippen LogP contribution >= 0.6 is 0 Å². The van der Waals surface area contributed by atoms with Gasteiger partial charge in [-0.1, -0.05) is 51.9 Å². The van der Waals surface area contributed by atoms with Gasteiger partial charge in [0.2, 0.25) is 0 Å². The maximum absolute atomic E-state index is 10.7. The van der Waals surface area contributed by atoms with Gasteiger partial charge in [-0.05, 0) is 19.9 Å². The van der Waals surface area contributed by atoms with E-state index in [2.05, 4.69) is 12.2 Å². The summed E-state index contributed by atoms with van der Waals surface area (Å²) in [4.78, 5) is 0. The van der Waals surface area contributed by atoms with E-state index in [9.17, 15) is 8.42 Å². The number of hydrogen-bond acceptors (Lipinski definition) is 3. The molecule has 4 nitrogen and oxygen atoms in total. The molecule has 0 bridgehead atoms. The summed E-state index contributed by atoms with van der Waals surface area (Å²) in [6.45, 7) is 4.32. The standard InChI is InChI=1S/C12H27NO3S/c1-3-4-5-6-7-8-9-10-11-13-12(2)17(14,15)16/h12-13H,3-11H2,1-2H3,(H,14,15,16). The third kappa shape index (κ3) is 10.7. The van der Waals surface area contributed by atoms with Crippen LogP contribution in [0.1, 0.15) is 65.2 Å². The van der Waals surface area contributed by atoms with E-state index in [1.54, 1.807) is 0 Å². The minimum Gasteiger partial charge on any atom is -0.299 e. The van der Waals surface area contributed by atoms with Gasteiger partial charge in [0.25, 0.3) is 10.1 Å². The summed E-state index contributed by atoms with van der Waals surface area (Å²) >= 11 is 0. The van der Waals surface area contributed by atoms with Crippen LogP contribution in [-0.4, -0.2) is 24.9 Å². The molecule has 5 heteroatoms. The van der Waals surface area contributed by atoms with Crippen LogP contribution in [0, 0.1) is 0 Å². The van der Waals surface area contributed by atoms with Crippen LogP contribution in [0.4, 0.5) is 0 Å². The van der Waals surface area contributed by atoms with Gasteiger partial charge >= 0.3 is 0 Å². The molecule has 0 aromatic heterocycles. The summed E-state index contributed by atoms with van der Waals surface area (Å²) in [5, 5.41) is 1.94. The minimum atomic E-state index is -3.92. The first-order valence-electron chi connectivity index (χ1n) is 6.68. The second kappa shape index (κ2) is 9.85. The summed E-state index contributed by atoms with van der Waals surface area (Å²) in [6, 6.07) is 0. The van der Waals surface area contributed by atoms with E-state index in [0.29, 0.717) is 6.54 Å². The lowest BCUT2D eigenvalue weighted by Gasteiger charge is -2.10. The highest BCUT2D eigenvalue weighted by molar-refractivity contribution is 7.86. The van der Waals surface area contributed by atoms with Crippen LogP contribution in [0.2, 0.25) is 0 Å². The maximum atomic E-state index is 10.7. The average molecular weight is 265 g/mol.